The Hall–Kier alpha value is -1.09. The van der Waals surface area contributed by atoms with Crippen LogP contribution in [0.2, 0.25) is 0 Å². The number of piperidine rings is 1. The molecule has 1 saturated heterocycles. The van der Waals surface area contributed by atoms with E-state index in [1.807, 2.05) is 13.1 Å². The van der Waals surface area contributed by atoms with Gasteiger partial charge in [-0.1, -0.05) is 0 Å². The van der Waals surface area contributed by atoms with E-state index in [0.717, 1.165) is 57.6 Å². The van der Waals surface area contributed by atoms with Gasteiger partial charge in [0.15, 0.2) is 5.96 Å². The first-order valence-corrected chi connectivity index (χ1v) is 9.05. The van der Waals surface area contributed by atoms with Crippen molar-refractivity contribution in [1.82, 2.24) is 15.6 Å². The van der Waals surface area contributed by atoms with E-state index in [1.54, 1.807) is 7.05 Å². The van der Waals surface area contributed by atoms with E-state index in [1.165, 1.54) is 24.8 Å². The van der Waals surface area contributed by atoms with Crippen LogP contribution in [0.3, 0.4) is 0 Å². The average Bonchev–Trinajstić information content (AvgIpc) is 2.65. The van der Waals surface area contributed by atoms with E-state index in [2.05, 4.69) is 37.6 Å². The van der Waals surface area contributed by atoms with Crippen molar-refractivity contribution >= 4 is 35.8 Å². The molecule has 1 fully saturated rings. The molecule has 1 aromatic rings. The first kappa shape index (κ1) is 22.0. The van der Waals surface area contributed by atoms with Crippen molar-refractivity contribution in [2.75, 3.05) is 44.8 Å². The van der Waals surface area contributed by atoms with E-state index in [4.69, 9.17) is 4.74 Å². The van der Waals surface area contributed by atoms with Crippen LogP contribution in [0, 0.1) is 0 Å². The Morgan fingerprint density at radius 1 is 1.28 bits per heavy atom. The van der Waals surface area contributed by atoms with Gasteiger partial charge in [-0.3, -0.25) is 4.99 Å². The number of aromatic nitrogens is 1. The molecule has 1 aromatic heterocycles. The topological polar surface area (TPSA) is 61.8 Å². The molecule has 0 bridgehead atoms. The van der Waals surface area contributed by atoms with Gasteiger partial charge in [0.1, 0.15) is 5.82 Å². The number of rotatable bonds is 8. The third-order valence-electron chi connectivity index (χ3n) is 4.14. The lowest BCUT2D eigenvalue weighted by Crippen LogP contribution is -2.37. The van der Waals surface area contributed by atoms with Gasteiger partial charge in [-0.2, -0.15) is 0 Å². The summed E-state index contributed by atoms with van der Waals surface area (Å²) in [5, 5.41) is 6.67. The predicted molar refractivity (Wildman–Crippen MR) is 115 cm³/mol. The highest BCUT2D eigenvalue weighted by molar-refractivity contribution is 14.0. The zero-order valence-electron chi connectivity index (χ0n) is 15.5. The van der Waals surface area contributed by atoms with Crippen LogP contribution in [0.25, 0.3) is 0 Å². The predicted octanol–water partition coefficient (Wildman–Crippen LogP) is 2.78. The maximum Gasteiger partial charge on any atom is 0.191 e. The van der Waals surface area contributed by atoms with Crippen LogP contribution in [0.15, 0.2) is 23.3 Å². The van der Waals surface area contributed by atoms with Gasteiger partial charge in [0.25, 0.3) is 0 Å². The van der Waals surface area contributed by atoms with Crippen LogP contribution >= 0.6 is 24.0 Å². The molecule has 0 atom stereocenters. The molecule has 0 unspecified atom stereocenters. The number of ether oxygens (including phenoxy) is 1. The molecular formula is C18H32IN5O. The summed E-state index contributed by atoms with van der Waals surface area (Å²) in [5.41, 5.74) is 1.22. The molecule has 0 radical (unpaired) electrons. The smallest absolute Gasteiger partial charge is 0.191 e. The van der Waals surface area contributed by atoms with Crippen molar-refractivity contribution in [2.24, 2.45) is 4.99 Å². The molecule has 0 spiro atoms. The molecule has 2 rings (SSSR count). The van der Waals surface area contributed by atoms with Gasteiger partial charge in [0.2, 0.25) is 0 Å². The van der Waals surface area contributed by atoms with E-state index >= 15 is 0 Å². The lowest BCUT2D eigenvalue weighted by molar-refractivity contribution is 0.145. The van der Waals surface area contributed by atoms with Crippen LogP contribution in [-0.2, 0) is 11.3 Å². The minimum Gasteiger partial charge on any atom is -0.382 e. The number of guanidine groups is 1. The van der Waals surface area contributed by atoms with Gasteiger partial charge >= 0.3 is 0 Å². The maximum atomic E-state index is 5.34. The molecule has 1 aliphatic heterocycles. The Balaban J connectivity index is 0.00000312. The van der Waals surface area contributed by atoms with Crippen molar-refractivity contribution in [2.45, 2.75) is 39.2 Å². The zero-order valence-corrected chi connectivity index (χ0v) is 17.8. The number of hydrogen-bond acceptors (Lipinski definition) is 4. The van der Waals surface area contributed by atoms with Crippen LogP contribution < -0.4 is 15.5 Å². The summed E-state index contributed by atoms with van der Waals surface area (Å²) in [6.07, 6.45) is 6.75. The Kier molecular flexibility index (Phi) is 11.6. The first-order valence-electron chi connectivity index (χ1n) is 9.05. The fourth-order valence-corrected chi connectivity index (χ4v) is 2.80. The summed E-state index contributed by atoms with van der Waals surface area (Å²) in [5.74, 6) is 1.91. The van der Waals surface area contributed by atoms with Gasteiger partial charge in [-0.25, -0.2) is 4.98 Å². The molecule has 0 aliphatic carbocycles. The second-order valence-electron chi connectivity index (χ2n) is 5.97. The molecule has 6 nitrogen and oxygen atoms in total. The molecule has 0 amide bonds. The largest absolute Gasteiger partial charge is 0.382 e. The fourth-order valence-electron chi connectivity index (χ4n) is 2.80. The second kappa shape index (κ2) is 13.2. The number of halogens is 1. The van der Waals surface area contributed by atoms with Crippen molar-refractivity contribution in [3.8, 4) is 0 Å². The fraction of sp³-hybridized carbons (Fsp3) is 0.667. The first-order chi connectivity index (χ1) is 11.8. The molecule has 142 valence electrons. The number of aliphatic imine (C=N–C) groups is 1. The van der Waals surface area contributed by atoms with Gasteiger partial charge in [0, 0.05) is 52.6 Å². The number of hydrogen-bond donors (Lipinski definition) is 2. The van der Waals surface area contributed by atoms with Crippen molar-refractivity contribution in [1.29, 1.82) is 0 Å². The zero-order chi connectivity index (χ0) is 17.0. The summed E-state index contributed by atoms with van der Waals surface area (Å²) in [6.45, 7) is 7.41. The molecule has 0 aromatic carbocycles. The van der Waals surface area contributed by atoms with E-state index in [-0.39, 0.29) is 24.0 Å². The van der Waals surface area contributed by atoms with Crippen LogP contribution in [0.4, 0.5) is 5.82 Å². The Bertz CT molecular complexity index is 506. The highest BCUT2D eigenvalue weighted by atomic mass is 127. The number of nitrogens with zero attached hydrogens (tertiary/aromatic N) is 3. The summed E-state index contributed by atoms with van der Waals surface area (Å²) >= 11 is 0. The molecule has 1 aliphatic rings. The summed E-state index contributed by atoms with van der Waals surface area (Å²) in [7, 11) is 1.80. The number of anilines is 1. The van der Waals surface area contributed by atoms with Gasteiger partial charge in [-0.05, 0) is 50.3 Å². The lowest BCUT2D eigenvalue weighted by Gasteiger charge is -2.28. The summed E-state index contributed by atoms with van der Waals surface area (Å²) in [4.78, 5) is 11.2. The third kappa shape index (κ3) is 8.22. The normalized spacial score (nSPS) is 14.8. The summed E-state index contributed by atoms with van der Waals surface area (Å²) < 4.78 is 5.34. The minimum absolute atomic E-state index is 0. The Labute approximate surface area is 168 Å². The average molecular weight is 461 g/mol. The number of pyridine rings is 1. The van der Waals surface area contributed by atoms with Crippen molar-refractivity contribution < 1.29 is 4.74 Å². The third-order valence-corrected chi connectivity index (χ3v) is 4.14. The lowest BCUT2D eigenvalue weighted by atomic mass is 10.1. The second-order valence-corrected chi connectivity index (χ2v) is 5.97. The highest BCUT2D eigenvalue weighted by Gasteiger charge is 2.12. The van der Waals surface area contributed by atoms with Crippen molar-refractivity contribution in [3.05, 3.63) is 23.9 Å². The van der Waals surface area contributed by atoms with E-state index in [9.17, 15) is 0 Å². The number of nitrogens with one attached hydrogen (secondary N) is 2. The van der Waals surface area contributed by atoms with Gasteiger partial charge in [-0.15, -0.1) is 24.0 Å². The highest BCUT2D eigenvalue weighted by Crippen LogP contribution is 2.18. The molecule has 0 saturated carbocycles. The Morgan fingerprint density at radius 3 is 2.80 bits per heavy atom. The molecule has 25 heavy (non-hydrogen) atoms. The van der Waals surface area contributed by atoms with Gasteiger partial charge < -0.3 is 20.3 Å². The Morgan fingerprint density at radius 2 is 2.08 bits per heavy atom. The van der Waals surface area contributed by atoms with Crippen LogP contribution in [-0.4, -0.2) is 50.8 Å². The molecule has 2 heterocycles. The van der Waals surface area contributed by atoms with Gasteiger partial charge in [0.05, 0.1) is 0 Å². The van der Waals surface area contributed by atoms with E-state index in [0.29, 0.717) is 0 Å². The quantitative estimate of drug-likeness (QED) is 0.270. The molecule has 7 heteroatoms. The summed E-state index contributed by atoms with van der Waals surface area (Å²) in [6, 6.07) is 4.24. The van der Waals surface area contributed by atoms with Crippen molar-refractivity contribution in [3.63, 3.8) is 0 Å². The van der Waals surface area contributed by atoms with E-state index < -0.39 is 0 Å². The molecule has 2 N–H and O–H groups in total. The monoisotopic (exact) mass is 461 g/mol. The van der Waals surface area contributed by atoms with Crippen LogP contribution in [0.5, 0.6) is 0 Å². The molecular weight excluding hydrogens is 429 g/mol. The van der Waals surface area contributed by atoms with Crippen LogP contribution in [0.1, 0.15) is 38.2 Å². The maximum absolute atomic E-state index is 5.34. The minimum atomic E-state index is 0. The standard InChI is InChI=1S/C18H31N5O.HI/c1-3-24-13-7-9-21-18(19-2)22-15-16-8-10-20-17(14-16)23-11-5-4-6-12-23;/h8,10,14H,3-7,9,11-13,15H2,1-2H3,(H2,19,21,22);1H. The SMILES string of the molecule is CCOCCCNC(=NC)NCc1ccnc(N2CCCCC2)c1.I.